The number of anilines is 3. The van der Waals surface area contributed by atoms with Crippen LogP contribution in [0, 0.1) is 0 Å². The summed E-state index contributed by atoms with van der Waals surface area (Å²) in [5.41, 5.74) is 10.3. The normalized spacial score (nSPS) is 13.6. The molecule has 1 aliphatic rings. The maximum absolute atomic E-state index is 9.94. The van der Waals surface area contributed by atoms with E-state index in [1.54, 1.807) is 6.07 Å². The van der Waals surface area contributed by atoms with Crippen LogP contribution in [-0.2, 0) is 5.41 Å². The molecule has 1 heterocycles. The summed E-state index contributed by atoms with van der Waals surface area (Å²) in [7, 11) is -1.52. The van der Waals surface area contributed by atoms with E-state index in [-0.39, 0.29) is 5.41 Å². The van der Waals surface area contributed by atoms with Crippen molar-refractivity contribution in [2.45, 2.75) is 19.3 Å². The van der Waals surface area contributed by atoms with Crippen molar-refractivity contribution in [1.29, 1.82) is 0 Å². The van der Waals surface area contributed by atoms with Crippen LogP contribution >= 0.6 is 0 Å². The maximum Gasteiger partial charge on any atom is 0.488 e. The lowest BCUT2D eigenvalue weighted by atomic mass is 9.70. The molecule has 5 aromatic rings. The number of benzene rings is 5. The van der Waals surface area contributed by atoms with Gasteiger partial charge in [0.05, 0.1) is 11.4 Å². The van der Waals surface area contributed by atoms with Crippen molar-refractivity contribution in [2.24, 2.45) is 0 Å². The molecule has 6 rings (SSSR count). The van der Waals surface area contributed by atoms with Gasteiger partial charge in [-0.1, -0.05) is 105 Å². The van der Waals surface area contributed by atoms with E-state index in [2.05, 4.69) is 110 Å². The summed E-state index contributed by atoms with van der Waals surface area (Å²) in [6.45, 7) is 4.40. The molecular weight excluding hydrogens is 453 g/mol. The molecule has 0 aromatic heterocycles. The van der Waals surface area contributed by atoms with Crippen LogP contribution in [0.2, 0.25) is 0 Å². The van der Waals surface area contributed by atoms with Crippen molar-refractivity contribution in [3.63, 3.8) is 0 Å². The molecular formula is C33H28BNO2. The number of hydrogen-bond acceptors (Lipinski definition) is 3. The van der Waals surface area contributed by atoms with E-state index in [0.29, 0.717) is 5.46 Å². The SMILES string of the molecule is CC1(C)c2ccccc2N(c2cc(-c3ccccc3)cc(-c3ccccc3)c2)c2ccc(B(O)O)cc21. The van der Waals surface area contributed by atoms with E-state index in [9.17, 15) is 10.0 Å². The van der Waals surface area contributed by atoms with Gasteiger partial charge in [0.2, 0.25) is 0 Å². The summed E-state index contributed by atoms with van der Waals surface area (Å²) >= 11 is 0. The van der Waals surface area contributed by atoms with Crippen LogP contribution in [0.1, 0.15) is 25.0 Å². The summed E-state index contributed by atoms with van der Waals surface area (Å²) in [5.74, 6) is 0. The first kappa shape index (κ1) is 23.3. The van der Waals surface area contributed by atoms with Crippen molar-refractivity contribution < 1.29 is 10.0 Å². The highest BCUT2D eigenvalue weighted by Gasteiger charge is 2.37. The lowest BCUT2D eigenvalue weighted by molar-refractivity contribution is 0.425. The molecule has 0 aliphatic carbocycles. The second-order valence-corrected chi connectivity index (χ2v) is 10.1. The van der Waals surface area contributed by atoms with Gasteiger partial charge in [0.15, 0.2) is 0 Å². The summed E-state index contributed by atoms with van der Waals surface area (Å²) in [6.07, 6.45) is 0. The predicted molar refractivity (Wildman–Crippen MR) is 154 cm³/mol. The quantitative estimate of drug-likeness (QED) is 0.277. The van der Waals surface area contributed by atoms with Crippen LogP contribution in [0.5, 0.6) is 0 Å². The minimum atomic E-state index is -1.52. The highest BCUT2D eigenvalue weighted by atomic mass is 16.4. The molecule has 0 saturated heterocycles. The molecule has 0 fully saturated rings. The van der Waals surface area contributed by atoms with E-state index < -0.39 is 7.12 Å². The van der Waals surface area contributed by atoms with Gasteiger partial charge in [-0.15, -0.1) is 0 Å². The third kappa shape index (κ3) is 4.05. The van der Waals surface area contributed by atoms with Crippen LogP contribution in [0.3, 0.4) is 0 Å². The summed E-state index contributed by atoms with van der Waals surface area (Å²) in [5, 5.41) is 19.9. The van der Waals surface area contributed by atoms with Gasteiger partial charge >= 0.3 is 7.12 Å². The highest BCUT2D eigenvalue weighted by Crippen LogP contribution is 2.52. The number of nitrogens with zero attached hydrogens (tertiary/aromatic N) is 1. The van der Waals surface area contributed by atoms with E-state index >= 15 is 0 Å². The Kier molecular flexibility index (Phi) is 5.71. The molecule has 0 atom stereocenters. The first-order chi connectivity index (χ1) is 17.9. The fourth-order valence-corrected chi connectivity index (χ4v) is 5.49. The van der Waals surface area contributed by atoms with Gasteiger partial charge in [-0.05, 0) is 69.2 Å². The average Bonchev–Trinajstić information content (AvgIpc) is 2.94. The topological polar surface area (TPSA) is 43.7 Å². The van der Waals surface area contributed by atoms with E-state index in [0.717, 1.165) is 44.9 Å². The van der Waals surface area contributed by atoms with Gasteiger partial charge in [-0.2, -0.15) is 0 Å². The Labute approximate surface area is 218 Å². The standard InChI is InChI=1S/C33H28BNO2/c1-33(2)29-15-9-10-16-31(29)35(32-18-17-27(34(36)37)22-30(32)33)28-20-25(23-11-5-3-6-12-23)19-26(21-28)24-13-7-4-8-14-24/h3-22,36-37H,1-2H3. The third-order valence-electron chi connectivity index (χ3n) is 7.44. The van der Waals surface area contributed by atoms with Gasteiger partial charge < -0.3 is 14.9 Å². The lowest BCUT2D eigenvalue weighted by Crippen LogP contribution is -2.35. The molecule has 3 nitrogen and oxygen atoms in total. The zero-order valence-corrected chi connectivity index (χ0v) is 21.0. The molecule has 0 amide bonds. The van der Waals surface area contributed by atoms with Crippen molar-refractivity contribution in [2.75, 3.05) is 4.90 Å². The van der Waals surface area contributed by atoms with Gasteiger partial charge in [0.25, 0.3) is 0 Å². The molecule has 5 aromatic carbocycles. The molecule has 0 bridgehead atoms. The van der Waals surface area contributed by atoms with Crippen LogP contribution in [-0.4, -0.2) is 17.2 Å². The summed E-state index contributed by atoms with van der Waals surface area (Å²) < 4.78 is 0. The maximum atomic E-state index is 9.94. The Balaban J connectivity index is 1.64. The molecule has 0 unspecified atom stereocenters. The number of hydrogen-bond donors (Lipinski definition) is 2. The molecule has 0 spiro atoms. The monoisotopic (exact) mass is 481 g/mol. The Hall–Kier alpha value is -4.12. The van der Waals surface area contributed by atoms with Crippen LogP contribution < -0.4 is 10.4 Å². The Morgan fingerprint density at radius 3 is 1.68 bits per heavy atom. The molecule has 0 saturated carbocycles. The van der Waals surface area contributed by atoms with Crippen LogP contribution in [0.25, 0.3) is 22.3 Å². The van der Waals surface area contributed by atoms with Crippen molar-refractivity contribution in [3.8, 4) is 22.3 Å². The predicted octanol–water partition coefficient (Wildman–Crippen LogP) is 6.81. The minimum Gasteiger partial charge on any atom is -0.423 e. The van der Waals surface area contributed by atoms with Gasteiger partial charge in [-0.25, -0.2) is 0 Å². The molecule has 37 heavy (non-hydrogen) atoms. The zero-order valence-electron chi connectivity index (χ0n) is 21.0. The average molecular weight is 481 g/mol. The van der Waals surface area contributed by atoms with Gasteiger partial charge in [0, 0.05) is 11.1 Å². The smallest absolute Gasteiger partial charge is 0.423 e. The first-order valence-electron chi connectivity index (χ1n) is 12.6. The van der Waals surface area contributed by atoms with Crippen LogP contribution in [0.15, 0.2) is 121 Å². The third-order valence-corrected chi connectivity index (χ3v) is 7.44. The summed E-state index contributed by atoms with van der Waals surface area (Å²) in [4.78, 5) is 2.31. The Bertz CT molecular complexity index is 1520. The second-order valence-electron chi connectivity index (χ2n) is 10.1. The second kappa shape index (κ2) is 9.08. The van der Waals surface area contributed by atoms with E-state index in [1.165, 1.54) is 5.56 Å². The van der Waals surface area contributed by atoms with Crippen molar-refractivity contribution in [3.05, 3.63) is 132 Å². The first-order valence-corrected chi connectivity index (χ1v) is 12.6. The van der Waals surface area contributed by atoms with Gasteiger partial charge in [0.1, 0.15) is 0 Å². The van der Waals surface area contributed by atoms with Crippen LogP contribution in [0.4, 0.5) is 17.1 Å². The van der Waals surface area contributed by atoms with Gasteiger partial charge in [-0.3, -0.25) is 0 Å². The molecule has 0 radical (unpaired) electrons. The highest BCUT2D eigenvalue weighted by molar-refractivity contribution is 6.58. The molecule has 180 valence electrons. The molecule has 4 heteroatoms. The summed E-state index contributed by atoms with van der Waals surface area (Å²) in [6, 6.07) is 41.9. The Morgan fingerprint density at radius 2 is 1.08 bits per heavy atom. The minimum absolute atomic E-state index is 0.313. The van der Waals surface area contributed by atoms with E-state index in [4.69, 9.17) is 0 Å². The number of para-hydroxylation sites is 1. The Morgan fingerprint density at radius 1 is 0.541 bits per heavy atom. The zero-order chi connectivity index (χ0) is 25.6. The number of fused-ring (bicyclic) bond motifs is 2. The molecule has 2 N–H and O–H groups in total. The lowest BCUT2D eigenvalue weighted by Gasteiger charge is -2.42. The van der Waals surface area contributed by atoms with E-state index in [1.807, 2.05) is 24.3 Å². The van der Waals surface area contributed by atoms with Crippen molar-refractivity contribution in [1.82, 2.24) is 0 Å². The number of rotatable bonds is 4. The molecule has 1 aliphatic heterocycles. The fourth-order valence-electron chi connectivity index (χ4n) is 5.49. The largest absolute Gasteiger partial charge is 0.488 e. The van der Waals surface area contributed by atoms with Crippen molar-refractivity contribution >= 4 is 29.6 Å². The fraction of sp³-hybridized carbons (Fsp3) is 0.0909.